The van der Waals surface area contributed by atoms with Gasteiger partial charge in [0.1, 0.15) is 5.75 Å². The van der Waals surface area contributed by atoms with Crippen molar-refractivity contribution < 1.29 is 19.1 Å². The molecule has 0 aliphatic carbocycles. The number of halogens is 1. The number of ether oxygens (including phenoxy) is 1. The summed E-state index contributed by atoms with van der Waals surface area (Å²) < 4.78 is 6.24. The van der Waals surface area contributed by atoms with E-state index in [-0.39, 0.29) is 12.5 Å². The number of carbonyl (C=O) groups excluding carboxylic acids is 3. The Kier molecular flexibility index (Phi) is 12.6. The smallest absolute Gasteiger partial charge is 0.343 e. The summed E-state index contributed by atoms with van der Waals surface area (Å²) in [5.74, 6) is -0.778. The maximum Gasteiger partial charge on any atom is 0.343 e. The molecule has 0 aliphatic rings. The zero-order chi connectivity index (χ0) is 24.6. The van der Waals surface area contributed by atoms with Gasteiger partial charge in [0.2, 0.25) is 5.91 Å². The van der Waals surface area contributed by atoms with E-state index in [1.165, 1.54) is 31.9 Å². The van der Waals surface area contributed by atoms with E-state index in [1.54, 1.807) is 42.5 Å². The van der Waals surface area contributed by atoms with E-state index in [2.05, 4.69) is 38.7 Å². The molecule has 2 N–H and O–H groups in total. The van der Waals surface area contributed by atoms with Crippen LogP contribution < -0.4 is 15.5 Å². The van der Waals surface area contributed by atoms with Gasteiger partial charge in [0.25, 0.3) is 5.91 Å². The third-order valence-corrected chi connectivity index (χ3v) is 5.52. The summed E-state index contributed by atoms with van der Waals surface area (Å²) in [7, 11) is 0. The van der Waals surface area contributed by atoms with Crippen molar-refractivity contribution >= 4 is 39.9 Å². The van der Waals surface area contributed by atoms with Gasteiger partial charge in [-0.2, -0.15) is 5.10 Å². The minimum Gasteiger partial charge on any atom is -0.422 e. The van der Waals surface area contributed by atoms with Gasteiger partial charge in [-0.1, -0.05) is 79.6 Å². The van der Waals surface area contributed by atoms with Crippen molar-refractivity contribution in [2.45, 2.75) is 58.3 Å². The molecule has 0 saturated heterocycles. The molecule has 0 saturated carbocycles. The van der Waals surface area contributed by atoms with Crippen LogP contribution in [0.1, 0.15) is 74.2 Å². The fourth-order valence-electron chi connectivity index (χ4n) is 3.17. The number of carbonyl (C=O) groups is 3. The topological polar surface area (TPSA) is 96.9 Å². The first-order chi connectivity index (χ1) is 16.5. The second-order valence-electron chi connectivity index (χ2n) is 7.88. The van der Waals surface area contributed by atoms with Crippen molar-refractivity contribution in [2.24, 2.45) is 5.10 Å². The molecule has 2 amide bonds. The number of rotatable bonds is 14. The molecule has 0 unspecified atom stereocenters. The fourth-order valence-corrected chi connectivity index (χ4v) is 3.55. The zero-order valence-electron chi connectivity index (χ0n) is 19.5. The summed E-state index contributed by atoms with van der Waals surface area (Å²) in [6.45, 7) is 2.04. The predicted molar refractivity (Wildman–Crippen MR) is 137 cm³/mol. The van der Waals surface area contributed by atoms with Crippen molar-refractivity contribution in [3.8, 4) is 5.75 Å². The van der Waals surface area contributed by atoms with Gasteiger partial charge in [-0.05, 0) is 36.8 Å². The molecule has 0 fully saturated rings. The number of hydrogen-bond acceptors (Lipinski definition) is 5. The molecule has 182 valence electrons. The Morgan fingerprint density at radius 2 is 1.65 bits per heavy atom. The quantitative estimate of drug-likeness (QED) is 0.113. The van der Waals surface area contributed by atoms with E-state index < -0.39 is 11.9 Å². The molecule has 0 bridgehead atoms. The number of nitrogens with one attached hydrogen (secondary N) is 2. The highest BCUT2D eigenvalue weighted by molar-refractivity contribution is 9.10. The third-order valence-electron chi connectivity index (χ3n) is 5.03. The lowest BCUT2D eigenvalue weighted by atomic mass is 10.1. The Morgan fingerprint density at radius 3 is 2.38 bits per heavy atom. The van der Waals surface area contributed by atoms with Gasteiger partial charge in [-0.3, -0.25) is 9.59 Å². The Bertz CT molecular complexity index is 964. The Labute approximate surface area is 209 Å². The highest BCUT2D eigenvalue weighted by atomic mass is 79.9. The summed E-state index contributed by atoms with van der Waals surface area (Å²) in [4.78, 5) is 36.2. The van der Waals surface area contributed by atoms with Crippen LogP contribution in [0, 0.1) is 0 Å². The second-order valence-corrected chi connectivity index (χ2v) is 8.79. The Morgan fingerprint density at radius 1 is 0.941 bits per heavy atom. The first-order valence-corrected chi connectivity index (χ1v) is 12.4. The number of esters is 1. The van der Waals surface area contributed by atoms with Crippen LogP contribution >= 0.6 is 15.9 Å². The molecule has 0 aromatic heterocycles. The highest BCUT2D eigenvalue weighted by Crippen LogP contribution is 2.23. The summed E-state index contributed by atoms with van der Waals surface area (Å²) in [5, 5.41) is 6.53. The molecule has 34 heavy (non-hydrogen) atoms. The summed E-state index contributed by atoms with van der Waals surface area (Å²) in [5.41, 5.74) is 3.30. The first-order valence-electron chi connectivity index (χ1n) is 11.6. The monoisotopic (exact) mass is 529 g/mol. The minimum absolute atomic E-state index is 0.144. The molecule has 0 atom stereocenters. The van der Waals surface area contributed by atoms with Crippen LogP contribution in [-0.4, -0.2) is 30.5 Å². The van der Waals surface area contributed by atoms with Gasteiger partial charge in [-0.15, -0.1) is 0 Å². The molecule has 8 heteroatoms. The summed E-state index contributed by atoms with van der Waals surface area (Å²) in [6, 6.07) is 13.7. The molecule has 7 nitrogen and oxygen atoms in total. The second kappa shape index (κ2) is 15.8. The average molecular weight is 530 g/mol. The number of hydrazone groups is 1. The number of amides is 2. The predicted octanol–water partition coefficient (Wildman–Crippen LogP) is 5.38. The van der Waals surface area contributed by atoms with Crippen LogP contribution in [0.3, 0.4) is 0 Å². The van der Waals surface area contributed by atoms with E-state index in [4.69, 9.17) is 4.74 Å². The van der Waals surface area contributed by atoms with Crippen LogP contribution in [-0.2, 0) is 9.59 Å². The standard InChI is InChI=1S/C26H32BrN3O4/c1-2-3-4-5-6-7-11-14-24(31)28-19-25(32)30-29-18-21-17-22(27)15-16-23(21)34-26(33)20-12-9-8-10-13-20/h8-10,12-13,15-18H,2-7,11,14,19H2,1H3,(H,28,31)(H,30,32)/b29-18-. The lowest BCUT2D eigenvalue weighted by Crippen LogP contribution is -2.34. The lowest BCUT2D eigenvalue weighted by molar-refractivity contribution is -0.126. The van der Waals surface area contributed by atoms with Crippen molar-refractivity contribution in [3.05, 3.63) is 64.1 Å². The molecule has 0 spiro atoms. The minimum atomic E-state index is -0.495. The summed E-state index contributed by atoms with van der Waals surface area (Å²) in [6.07, 6.45) is 9.74. The van der Waals surface area contributed by atoms with Gasteiger partial charge in [0, 0.05) is 16.5 Å². The van der Waals surface area contributed by atoms with Crippen LogP contribution in [0.5, 0.6) is 5.75 Å². The van der Waals surface area contributed by atoms with Gasteiger partial charge < -0.3 is 10.1 Å². The first kappa shape index (κ1) is 27.2. The van der Waals surface area contributed by atoms with Gasteiger partial charge in [0.15, 0.2) is 0 Å². The zero-order valence-corrected chi connectivity index (χ0v) is 21.1. The van der Waals surface area contributed by atoms with Gasteiger partial charge in [0.05, 0.1) is 18.3 Å². The Balaban J connectivity index is 1.76. The maximum absolute atomic E-state index is 12.3. The number of nitrogens with zero attached hydrogens (tertiary/aromatic N) is 1. The fraction of sp³-hybridized carbons (Fsp3) is 0.385. The molecule has 2 aromatic rings. The number of unbranched alkanes of at least 4 members (excludes halogenated alkanes) is 6. The molecule has 0 heterocycles. The molecule has 0 radical (unpaired) electrons. The molecular weight excluding hydrogens is 498 g/mol. The van der Waals surface area contributed by atoms with Crippen LogP contribution in [0.4, 0.5) is 0 Å². The average Bonchev–Trinajstić information content (AvgIpc) is 2.84. The van der Waals surface area contributed by atoms with E-state index in [1.807, 2.05) is 6.07 Å². The van der Waals surface area contributed by atoms with E-state index in [9.17, 15) is 14.4 Å². The lowest BCUT2D eigenvalue weighted by Gasteiger charge is -2.08. The van der Waals surface area contributed by atoms with E-state index in [0.29, 0.717) is 23.3 Å². The normalized spacial score (nSPS) is 10.8. The van der Waals surface area contributed by atoms with Crippen LogP contribution in [0.25, 0.3) is 0 Å². The molecule has 0 aliphatic heterocycles. The van der Waals surface area contributed by atoms with Crippen molar-refractivity contribution in [2.75, 3.05) is 6.54 Å². The van der Waals surface area contributed by atoms with Crippen LogP contribution in [0.2, 0.25) is 0 Å². The number of hydrogen-bond donors (Lipinski definition) is 2. The van der Waals surface area contributed by atoms with Gasteiger partial charge in [-0.25, -0.2) is 10.2 Å². The van der Waals surface area contributed by atoms with E-state index in [0.717, 1.165) is 23.7 Å². The molecular formula is C26H32BrN3O4. The third kappa shape index (κ3) is 10.7. The van der Waals surface area contributed by atoms with Crippen molar-refractivity contribution in [1.82, 2.24) is 10.7 Å². The number of benzene rings is 2. The summed E-state index contributed by atoms with van der Waals surface area (Å²) >= 11 is 3.37. The SMILES string of the molecule is CCCCCCCCCC(=O)NCC(=O)N/N=C\c1cc(Br)ccc1OC(=O)c1ccccc1. The Hall–Kier alpha value is -3.00. The maximum atomic E-state index is 12.3. The highest BCUT2D eigenvalue weighted by Gasteiger charge is 2.11. The van der Waals surface area contributed by atoms with Crippen molar-refractivity contribution in [1.29, 1.82) is 0 Å². The van der Waals surface area contributed by atoms with Crippen LogP contribution in [0.15, 0.2) is 58.1 Å². The van der Waals surface area contributed by atoms with Crippen molar-refractivity contribution in [3.63, 3.8) is 0 Å². The van der Waals surface area contributed by atoms with E-state index >= 15 is 0 Å². The molecule has 2 aromatic carbocycles. The largest absolute Gasteiger partial charge is 0.422 e. The molecule has 2 rings (SSSR count). The van der Waals surface area contributed by atoms with Gasteiger partial charge >= 0.3 is 5.97 Å².